The van der Waals surface area contributed by atoms with E-state index >= 15 is 0 Å². The number of halogens is 2. The van der Waals surface area contributed by atoms with Gasteiger partial charge in [0, 0.05) is 20.6 Å². The monoisotopic (exact) mass is 409 g/mol. The van der Waals surface area contributed by atoms with Gasteiger partial charge in [-0.05, 0) is 42.5 Å². The van der Waals surface area contributed by atoms with Gasteiger partial charge in [-0.25, -0.2) is 5.43 Å². The quantitative estimate of drug-likeness (QED) is 0.523. The van der Waals surface area contributed by atoms with Gasteiger partial charge in [0.1, 0.15) is 5.75 Å². The molecular formula is C16H13BrClN3O3. The molecule has 0 aliphatic rings. The molecule has 0 atom stereocenters. The van der Waals surface area contributed by atoms with Gasteiger partial charge in [0.15, 0.2) is 0 Å². The lowest BCUT2D eigenvalue weighted by Crippen LogP contribution is -2.34. The van der Waals surface area contributed by atoms with E-state index in [4.69, 9.17) is 11.6 Å². The molecule has 0 aromatic heterocycles. The van der Waals surface area contributed by atoms with E-state index in [1.165, 1.54) is 12.3 Å². The second-order valence-corrected chi connectivity index (χ2v) is 6.04. The number of hydrogen-bond donors (Lipinski definition) is 3. The molecule has 2 amide bonds. The number of hydrogen-bond acceptors (Lipinski definition) is 4. The molecule has 0 saturated heterocycles. The van der Waals surface area contributed by atoms with Crippen LogP contribution < -0.4 is 10.7 Å². The van der Waals surface area contributed by atoms with Crippen LogP contribution in [0, 0.1) is 0 Å². The number of phenolic OH excluding ortho intramolecular Hbond substituents is 1. The number of benzene rings is 2. The molecule has 0 aliphatic carbocycles. The summed E-state index contributed by atoms with van der Waals surface area (Å²) in [5.74, 6) is -0.856. The van der Waals surface area contributed by atoms with Gasteiger partial charge in [0.2, 0.25) is 0 Å². The summed E-state index contributed by atoms with van der Waals surface area (Å²) in [5.41, 5.74) is 3.10. The molecular weight excluding hydrogens is 398 g/mol. The van der Waals surface area contributed by atoms with Crippen LogP contribution in [0.25, 0.3) is 0 Å². The number of hydrazone groups is 1. The second kappa shape index (κ2) is 8.47. The van der Waals surface area contributed by atoms with Crippen molar-refractivity contribution < 1.29 is 14.7 Å². The Labute approximate surface area is 151 Å². The summed E-state index contributed by atoms with van der Waals surface area (Å²) in [6.45, 7) is -0.233. The minimum Gasteiger partial charge on any atom is -0.507 e. The average molecular weight is 411 g/mol. The minimum absolute atomic E-state index is 0.0345. The van der Waals surface area contributed by atoms with Crippen LogP contribution in [-0.2, 0) is 4.79 Å². The van der Waals surface area contributed by atoms with Crippen molar-refractivity contribution in [2.75, 3.05) is 6.54 Å². The van der Waals surface area contributed by atoms with Crippen molar-refractivity contribution in [1.29, 1.82) is 0 Å². The van der Waals surface area contributed by atoms with Gasteiger partial charge in [-0.15, -0.1) is 0 Å². The number of amides is 2. The van der Waals surface area contributed by atoms with E-state index in [-0.39, 0.29) is 12.3 Å². The lowest BCUT2D eigenvalue weighted by molar-refractivity contribution is -0.120. The van der Waals surface area contributed by atoms with Crippen LogP contribution in [0.4, 0.5) is 0 Å². The number of phenols is 1. The maximum absolute atomic E-state index is 11.8. The Balaban J connectivity index is 1.83. The van der Waals surface area contributed by atoms with Gasteiger partial charge in [0.05, 0.1) is 12.8 Å². The van der Waals surface area contributed by atoms with E-state index in [1.54, 1.807) is 36.4 Å². The Kier molecular flexibility index (Phi) is 6.34. The van der Waals surface area contributed by atoms with Crippen molar-refractivity contribution in [3.8, 4) is 5.75 Å². The average Bonchev–Trinajstić information content (AvgIpc) is 2.56. The highest BCUT2D eigenvalue weighted by Gasteiger charge is 2.07. The van der Waals surface area contributed by atoms with Crippen molar-refractivity contribution in [2.45, 2.75) is 0 Å². The zero-order chi connectivity index (χ0) is 17.5. The fraction of sp³-hybridized carbons (Fsp3) is 0.0625. The third-order valence-corrected chi connectivity index (χ3v) is 3.64. The summed E-state index contributed by atoms with van der Waals surface area (Å²) in [6, 6.07) is 11.1. The number of carbonyl (C=O) groups is 2. The first-order valence-electron chi connectivity index (χ1n) is 6.80. The molecule has 8 heteroatoms. The summed E-state index contributed by atoms with van der Waals surface area (Å²) in [5, 5.41) is 16.3. The number of nitrogens with zero attached hydrogens (tertiary/aromatic N) is 1. The smallest absolute Gasteiger partial charge is 0.259 e. The fourth-order valence-corrected chi connectivity index (χ4v) is 2.21. The second-order valence-electron chi connectivity index (χ2n) is 4.69. The molecule has 0 fully saturated rings. The molecule has 0 bridgehead atoms. The van der Waals surface area contributed by atoms with Crippen molar-refractivity contribution in [3.63, 3.8) is 0 Å². The molecule has 2 aromatic carbocycles. The van der Waals surface area contributed by atoms with Crippen LogP contribution in [0.5, 0.6) is 5.75 Å². The molecule has 24 heavy (non-hydrogen) atoms. The van der Waals surface area contributed by atoms with Gasteiger partial charge in [-0.2, -0.15) is 5.10 Å². The molecule has 0 aliphatic heterocycles. The maximum Gasteiger partial charge on any atom is 0.259 e. The molecule has 0 spiro atoms. The van der Waals surface area contributed by atoms with Gasteiger partial charge < -0.3 is 10.4 Å². The SMILES string of the molecule is O=C(CNC(=O)c1ccc(Cl)cc1)N/N=C\c1cc(Br)ccc1O. The van der Waals surface area contributed by atoms with Crippen LogP contribution >= 0.6 is 27.5 Å². The van der Waals surface area contributed by atoms with Gasteiger partial charge >= 0.3 is 0 Å². The Morgan fingerprint density at radius 1 is 1.21 bits per heavy atom. The standard InChI is InChI=1S/C16H13BrClN3O3/c17-12-3-6-14(22)11(7-12)8-20-21-15(23)9-19-16(24)10-1-4-13(18)5-2-10/h1-8,22H,9H2,(H,19,24)(H,21,23)/b20-8-. The third-order valence-electron chi connectivity index (χ3n) is 2.90. The summed E-state index contributed by atoms with van der Waals surface area (Å²) in [6.07, 6.45) is 1.30. The lowest BCUT2D eigenvalue weighted by atomic mass is 10.2. The van der Waals surface area contributed by atoms with E-state index in [0.29, 0.717) is 16.1 Å². The third kappa shape index (κ3) is 5.36. The molecule has 2 rings (SSSR count). The first kappa shape index (κ1) is 18.0. The molecule has 2 aromatic rings. The van der Waals surface area contributed by atoms with Gasteiger partial charge in [-0.1, -0.05) is 27.5 Å². The van der Waals surface area contributed by atoms with Crippen LogP contribution in [0.15, 0.2) is 52.0 Å². The topological polar surface area (TPSA) is 90.8 Å². The highest BCUT2D eigenvalue weighted by molar-refractivity contribution is 9.10. The van der Waals surface area contributed by atoms with E-state index in [1.807, 2.05) is 0 Å². The number of nitrogens with one attached hydrogen (secondary N) is 2. The van der Waals surface area contributed by atoms with Crippen LogP contribution in [0.1, 0.15) is 15.9 Å². The highest BCUT2D eigenvalue weighted by atomic mass is 79.9. The number of rotatable bonds is 5. The first-order valence-corrected chi connectivity index (χ1v) is 7.97. The maximum atomic E-state index is 11.8. The fourth-order valence-electron chi connectivity index (χ4n) is 1.71. The minimum atomic E-state index is -0.497. The molecule has 0 radical (unpaired) electrons. The summed E-state index contributed by atoms with van der Waals surface area (Å²) < 4.78 is 0.767. The lowest BCUT2D eigenvalue weighted by Gasteiger charge is -2.04. The zero-order valence-electron chi connectivity index (χ0n) is 12.3. The molecule has 6 nitrogen and oxygen atoms in total. The predicted octanol–water partition coefficient (Wildman–Crippen LogP) is 2.69. The van der Waals surface area contributed by atoms with Crippen molar-refractivity contribution in [2.24, 2.45) is 5.10 Å². The van der Waals surface area contributed by atoms with E-state index in [0.717, 1.165) is 4.47 Å². The largest absolute Gasteiger partial charge is 0.507 e. The Morgan fingerprint density at radius 2 is 1.92 bits per heavy atom. The molecule has 3 N–H and O–H groups in total. The first-order chi connectivity index (χ1) is 11.5. The molecule has 124 valence electrons. The van der Waals surface area contributed by atoms with Gasteiger partial charge in [0.25, 0.3) is 11.8 Å². The summed E-state index contributed by atoms with van der Waals surface area (Å²) in [4.78, 5) is 23.5. The molecule has 0 saturated carbocycles. The normalized spacial score (nSPS) is 10.6. The van der Waals surface area contributed by atoms with Gasteiger partial charge in [-0.3, -0.25) is 9.59 Å². The molecule has 0 unspecified atom stereocenters. The summed E-state index contributed by atoms with van der Waals surface area (Å²) >= 11 is 9.01. The van der Waals surface area contributed by atoms with Crippen LogP contribution in [0.2, 0.25) is 5.02 Å². The van der Waals surface area contributed by atoms with E-state index in [2.05, 4.69) is 31.8 Å². The number of carbonyl (C=O) groups excluding carboxylic acids is 2. The predicted molar refractivity (Wildman–Crippen MR) is 95.3 cm³/mol. The number of aromatic hydroxyl groups is 1. The van der Waals surface area contributed by atoms with Crippen LogP contribution in [0.3, 0.4) is 0 Å². The molecule has 0 heterocycles. The Bertz CT molecular complexity index is 779. The summed E-state index contributed by atoms with van der Waals surface area (Å²) in [7, 11) is 0. The van der Waals surface area contributed by atoms with E-state index < -0.39 is 11.8 Å². The van der Waals surface area contributed by atoms with Crippen LogP contribution in [-0.4, -0.2) is 29.7 Å². The van der Waals surface area contributed by atoms with Crippen molar-refractivity contribution >= 4 is 45.6 Å². The van der Waals surface area contributed by atoms with Crippen molar-refractivity contribution in [3.05, 3.63) is 63.1 Å². The Hall–Kier alpha value is -2.38. The highest BCUT2D eigenvalue weighted by Crippen LogP contribution is 2.19. The van der Waals surface area contributed by atoms with E-state index in [9.17, 15) is 14.7 Å². The Morgan fingerprint density at radius 3 is 2.62 bits per heavy atom. The van der Waals surface area contributed by atoms with Crippen molar-refractivity contribution in [1.82, 2.24) is 10.7 Å². The zero-order valence-corrected chi connectivity index (χ0v) is 14.6.